The first-order valence-electron chi connectivity index (χ1n) is 8.11. The molecule has 0 atom stereocenters. The Morgan fingerprint density at radius 3 is 2.45 bits per heavy atom. The van der Waals surface area contributed by atoms with Crippen LogP contribution < -0.4 is 5.32 Å². The average molecular weight is 284 g/mol. The minimum Gasteiger partial charge on any atom is -0.465 e. The van der Waals surface area contributed by atoms with Crippen LogP contribution in [0.5, 0.6) is 0 Å². The molecule has 1 N–H and O–H groups in total. The van der Waals surface area contributed by atoms with Crippen molar-refractivity contribution >= 4 is 5.97 Å². The van der Waals surface area contributed by atoms with E-state index in [9.17, 15) is 4.79 Å². The molecule has 0 spiro atoms. The van der Waals surface area contributed by atoms with Gasteiger partial charge in [-0.3, -0.25) is 4.79 Å². The molecule has 0 aromatic carbocycles. The van der Waals surface area contributed by atoms with E-state index in [1.807, 2.05) is 6.92 Å². The third kappa shape index (κ3) is 5.06. The van der Waals surface area contributed by atoms with Crippen LogP contribution in [0, 0.1) is 5.92 Å². The number of ether oxygens (including phenoxy) is 1. The molecule has 0 bridgehead atoms. The van der Waals surface area contributed by atoms with Crippen LogP contribution >= 0.6 is 0 Å². The normalized spacial score (nSPS) is 26.8. The number of nitrogens with zero attached hydrogens (tertiary/aromatic N) is 1. The van der Waals surface area contributed by atoms with Gasteiger partial charge in [-0.15, -0.1) is 0 Å². The molecule has 1 aliphatic carbocycles. The highest BCUT2D eigenvalue weighted by molar-refractivity contribution is 5.81. The number of esters is 1. The maximum atomic E-state index is 12.4. The fraction of sp³-hybridized carbons (Fsp3) is 0.938. The number of hydrogen-bond acceptors (Lipinski definition) is 4. The van der Waals surface area contributed by atoms with Gasteiger partial charge in [0, 0.05) is 13.1 Å². The lowest BCUT2D eigenvalue weighted by Crippen LogP contribution is -2.56. The highest BCUT2D eigenvalue weighted by Crippen LogP contribution is 2.35. The molecule has 4 nitrogen and oxygen atoms in total. The van der Waals surface area contributed by atoms with Crippen LogP contribution in [0.1, 0.15) is 52.4 Å². The van der Waals surface area contributed by atoms with Crippen LogP contribution in [0.3, 0.4) is 0 Å². The van der Waals surface area contributed by atoms with E-state index in [0.717, 1.165) is 44.7 Å². The predicted octanol–water partition coefficient (Wildman–Crippen LogP) is 2.43. The highest BCUT2D eigenvalue weighted by atomic mass is 16.5. The second-order valence-electron chi connectivity index (χ2n) is 6.26. The molecule has 0 aromatic rings. The van der Waals surface area contributed by atoms with E-state index in [4.69, 9.17) is 4.74 Å². The minimum absolute atomic E-state index is 0.0475. The SMILES string of the molecule is CCCC1CCC(NCCN(C)C)(C(=O)OCC)CC1. The first-order chi connectivity index (χ1) is 9.54. The van der Waals surface area contributed by atoms with E-state index in [-0.39, 0.29) is 5.97 Å². The van der Waals surface area contributed by atoms with Gasteiger partial charge in [0.1, 0.15) is 5.54 Å². The lowest BCUT2D eigenvalue weighted by molar-refractivity contribution is -0.153. The van der Waals surface area contributed by atoms with Crippen molar-refractivity contribution in [2.24, 2.45) is 5.92 Å². The Balaban J connectivity index is 2.59. The molecule has 4 heteroatoms. The van der Waals surface area contributed by atoms with E-state index in [0.29, 0.717) is 6.61 Å². The zero-order valence-corrected chi connectivity index (χ0v) is 13.7. The van der Waals surface area contributed by atoms with Crippen molar-refractivity contribution in [1.29, 1.82) is 0 Å². The summed E-state index contributed by atoms with van der Waals surface area (Å²) in [6.07, 6.45) is 6.65. The first kappa shape index (κ1) is 17.4. The van der Waals surface area contributed by atoms with E-state index in [1.54, 1.807) is 0 Å². The molecule has 1 rings (SSSR count). The van der Waals surface area contributed by atoms with Crippen LogP contribution in [0.25, 0.3) is 0 Å². The summed E-state index contributed by atoms with van der Waals surface area (Å²) in [5, 5.41) is 3.50. The summed E-state index contributed by atoms with van der Waals surface area (Å²) in [5.41, 5.74) is -0.434. The van der Waals surface area contributed by atoms with Crippen molar-refractivity contribution in [2.75, 3.05) is 33.8 Å². The molecule has 0 unspecified atom stereocenters. The van der Waals surface area contributed by atoms with Crippen LogP contribution in [0.2, 0.25) is 0 Å². The summed E-state index contributed by atoms with van der Waals surface area (Å²) in [6, 6.07) is 0. The topological polar surface area (TPSA) is 41.6 Å². The molecular formula is C16H32N2O2. The second kappa shape index (κ2) is 8.63. The maximum absolute atomic E-state index is 12.4. The van der Waals surface area contributed by atoms with Crippen LogP contribution in [0.15, 0.2) is 0 Å². The molecule has 1 fully saturated rings. The van der Waals surface area contributed by atoms with Crippen molar-refractivity contribution in [3.05, 3.63) is 0 Å². The Bertz CT molecular complexity index is 284. The smallest absolute Gasteiger partial charge is 0.326 e. The Morgan fingerprint density at radius 1 is 1.30 bits per heavy atom. The van der Waals surface area contributed by atoms with Crippen LogP contribution in [-0.4, -0.2) is 50.2 Å². The zero-order valence-electron chi connectivity index (χ0n) is 13.7. The van der Waals surface area contributed by atoms with Gasteiger partial charge in [-0.1, -0.05) is 19.8 Å². The van der Waals surface area contributed by atoms with E-state index >= 15 is 0 Å². The minimum atomic E-state index is -0.434. The Kier molecular flexibility index (Phi) is 7.52. The number of carbonyl (C=O) groups excluding carboxylic acids is 1. The van der Waals surface area contributed by atoms with Crippen LogP contribution in [0.4, 0.5) is 0 Å². The molecule has 1 aliphatic rings. The maximum Gasteiger partial charge on any atom is 0.326 e. The first-order valence-corrected chi connectivity index (χ1v) is 8.11. The van der Waals surface area contributed by atoms with Crippen molar-refractivity contribution in [3.63, 3.8) is 0 Å². The number of likely N-dealkylation sites (N-methyl/N-ethyl adjacent to an activating group) is 1. The van der Waals surface area contributed by atoms with Crippen molar-refractivity contribution < 1.29 is 9.53 Å². The number of hydrogen-bond donors (Lipinski definition) is 1. The summed E-state index contributed by atoms with van der Waals surface area (Å²) >= 11 is 0. The molecule has 118 valence electrons. The van der Waals surface area contributed by atoms with Gasteiger partial charge in [-0.2, -0.15) is 0 Å². The standard InChI is InChI=1S/C16H32N2O2/c1-5-7-14-8-10-16(11-9-14,15(19)20-6-2)17-12-13-18(3)4/h14,17H,5-13H2,1-4H3. The highest BCUT2D eigenvalue weighted by Gasteiger charge is 2.42. The molecule has 1 saturated carbocycles. The summed E-state index contributed by atoms with van der Waals surface area (Å²) in [6.45, 7) is 6.37. The van der Waals surface area contributed by atoms with E-state index in [1.165, 1.54) is 12.8 Å². The molecule has 0 saturated heterocycles. The van der Waals surface area contributed by atoms with Gasteiger partial charge in [0.05, 0.1) is 6.61 Å². The van der Waals surface area contributed by atoms with Gasteiger partial charge in [-0.05, 0) is 52.6 Å². The van der Waals surface area contributed by atoms with Gasteiger partial charge in [0.25, 0.3) is 0 Å². The number of carbonyl (C=O) groups is 1. The lowest BCUT2D eigenvalue weighted by Gasteiger charge is -2.39. The van der Waals surface area contributed by atoms with Gasteiger partial charge in [-0.25, -0.2) is 0 Å². The largest absolute Gasteiger partial charge is 0.465 e. The third-order valence-corrected chi connectivity index (χ3v) is 4.34. The molecule has 20 heavy (non-hydrogen) atoms. The summed E-state index contributed by atoms with van der Waals surface area (Å²) in [4.78, 5) is 14.5. The van der Waals surface area contributed by atoms with E-state index in [2.05, 4.69) is 31.2 Å². The number of nitrogens with one attached hydrogen (secondary N) is 1. The van der Waals surface area contributed by atoms with Crippen LogP contribution in [-0.2, 0) is 9.53 Å². The summed E-state index contributed by atoms with van der Waals surface area (Å²) < 4.78 is 5.32. The fourth-order valence-electron chi connectivity index (χ4n) is 3.11. The molecule has 0 aliphatic heterocycles. The Labute approximate surface area is 124 Å². The molecule has 0 aromatic heterocycles. The quantitative estimate of drug-likeness (QED) is 0.695. The summed E-state index contributed by atoms with van der Waals surface area (Å²) in [7, 11) is 4.10. The lowest BCUT2D eigenvalue weighted by atomic mass is 9.75. The third-order valence-electron chi connectivity index (χ3n) is 4.34. The van der Waals surface area contributed by atoms with Crippen molar-refractivity contribution in [1.82, 2.24) is 10.2 Å². The van der Waals surface area contributed by atoms with Gasteiger partial charge in [0.2, 0.25) is 0 Å². The predicted molar refractivity (Wildman–Crippen MR) is 82.8 cm³/mol. The monoisotopic (exact) mass is 284 g/mol. The Morgan fingerprint density at radius 2 is 1.95 bits per heavy atom. The average Bonchev–Trinajstić information content (AvgIpc) is 2.41. The van der Waals surface area contributed by atoms with Gasteiger partial charge in [0.15, 0.2) is 0 Å². The molecule has 0 radical (unpaired) electrons. The summed E-state index contributed by atoms with van der Waals surface area (Å²) in [5.74, 6) is 0.743. The molecule has 0 amide bonds. The molecular weight excluding hydrogens is 252 g/mol. The number of rotatable bonds is 8. The van der Waals surface area contributed by atoms with Gasteiger partial charge < -0.3 is 15.0 Å². The van der Waals surface area contributed by atoms with Crippen molar-refractivity contribution in [2.45, 2.75) is 57.9 Å². The molecule has 0 heterocycles. The Hall–Kier alpha value is -0.610. The fourth-order valence-corrected chi connectivity index (χ4v) is 3.11. The van der Waals surface area contributed by atoms with Crippen molar-refractivity contribution in [3.8, 4) is 0 Å². The zero-order chi connectivity index (χ0) is 15.0. The van der Waals surface area contributed by atoms with Gasteiger partial charge >= 0.3 is 5.97 Å². The van der Waals surface area contributed by atoms with E-state index < -0.39 is 5.54 Å². The second-order valence-corrected chi connectivity index (χ2v) is 6.26.